The highest BCUT2D eigenvalue weighted by atomic mass is 32.1. The van der Waals surface area contributed by atoms with Crippen LogP contribution in [0.1, 0.15) is 31.6 Å². The van der Waals surface area contributed by atoms with Gasteiger partial charge in [-0.2, -0.15) is 0 Å². The third kappa shape index (κ3) is 3.82. The van der Waals surface area contributed by atoms with Crippen LogP contribution >= 0.6 is 11.3 Å². The SMILES string of the molecule is CCN(C(=O)CNC(C)Cc1cccs1)C1CC1. The summed E-state index contributed by atoms with van der Waals surface area (Å²) in [5.41, 5.74) is 0. The number of nitrogens with one attached hydrogen (secondary N) is 1. The molecular formula is C14H22N2OS. The highest BCUT2D eigenvalue weighted by Gasteiger charge is 2.30. The van der Waals surface area contributed by atoms with E-state index >= 15 is 0 Å². The van der Waals surface area contributed by atoms with Gasteiger partial charge >= 0.3 is 0 Å². The minimum Gasteiger partial charge on any atom is -0.339 e. The molecule has 1 heterocycles. The van der Waals surface area contributed by atoms with Crippen LogP contribution in [-0.2, 0) is 11.2 Å². The Morgan fingerprint density at radius 1 is 1.61 bits per heavy atom. The lowest BCUT2D eigenvalue weighted by atomic mass is 10.2. The summed E-state index contributed by atoms with van der Waals surface area (Å²) in [6.45, 7) is 5.51. The second-order valence-electron chi connectivity index (χ2n) is 4.98. The molecule has 1 aliphatic carbocycles. The lowest BCUT2D eigenvalue weighted by Crippen LogP contribution is -2.42. The third-order valence-corrected chi connectivity index (χ3v) is 4.24. The van der Waals surface area contributed by atoms with Gasteiger partial charge in [-0.3, -0.25) is 4.79 Å². The number of nitrogens with zero attached hydrogens (tertiary/aromatic N) is 1. The summed E-state index contributed by atoms with van der Waals surface area (Å²) in [5, 5.41) is 5.43. The van der Waals surface area contributed by atoms with Crippen molar-refractivity contribution in [3.05, 3.63) is 22.4 Å². The van der Waals surface area contributed by atoms with Gasteiger partial charge < -0.3 is 10.2 Å². The van der Waals surface area contributed by atoms with Crippen molar-refractivity contribution in [3.8, 4) is 0 Å². The molecule has 1 aromatic rings. The molecule has 0 bridgehead atoms. The van der Waals surface area contributed by atoms with Crippen LogP contribution in [0.25, 0.3) is 0 Å². The molecule has 1 saturated carbocycles. The number of carbonyl (C=O) groups excluding carboxylic acids is 1. The number of thiophene rings is 1. The van der Waals surface area contributed by atoms with Crippen LogP contribution < -0.4 is 5.32 Å². The quantitative estimate of drug-likeness (QED) is 0.821. The van der Waals surface area contributed by atoms with Crippen LogP contribution in [0.2, 0.25) is 0 Å². The number of hydrogen-bond donors (Lipinski definition) is 1. The molecule has 1 atom stereocenters. The van der Waals surface area contributed by atoms with Crippen molar-refractivity contribution in [3.63, 3.8) is 0 Å². The van der Waals surface area contributed by atoms with E-state index in [1.54, 1.807) is 11.3 Å². The van der Waals surface area contributed by atoms with Crippen molar-refractivity contribution in [1.29, 1.82) is 0 Å². The Bertz CT molecular complexity index is 373. The number of hydrogen-bond acceptors (Lipinski definition) is 3. The van der Waals surface area contributed by atoms with Crippen molar-refractivity contribution >= 4 is 17.2 Å². The van der Waals surface area contributed by atoms with Gasteiger partial charge in [0.1, 0.15) is 0 Å². The summed E-state index contributed by atoms with van der Waals surface area (Å²) in [4.78, 5) is 15.4. The molecule has 0 aromatic carbocycles. The van der Waals surface area contributed by atoms with Crippen LogP contribution in [0.5, 0.6) is 0 Å². The zero-order chi connectivity index (χ0) is 13.0. The molecule has 2 rings (SSSR count). The Hall–Kier alpha value is -0.870. The number of amides is 1. The van der Waals surface area contributed by atoms with Gasteiger partial charge in [-0.1, -0.05) is 6.07 Å². The van der Waals surface area contributed by atoms with E-state index in [0.29, 0.717) is 18.6 Å². The normalized spacial score (nSPS) is 16.6. The standard InChI is InChI=1S/C14H22N2OS/c1-3-16(12-6-7-12)14(17)10-15-11(2)9-13-5-4-8-18-13/h4-5,8,11-12,15H,3,6-7,9-10H2,1-2H3. The summed E-state index contributed by atoms with van der Waals surface area (Å²) in [6.07, 6.45) is 3.37. The molecule has 100 valence electrons. The van der Waals surface area contributed by atoms with Gasteiger partial charge in [0.2, 0.25) is 5.91 Å². The van der Waals surface area contributed by atoms with Gasteiger partial charge in [-0.05, 0) is 44.6 Å². The second kappa shape index (κ2) is 6.34. The Morgan fingerprint density at radius 3 is 2.94 bits per heavy atom. The Kier molecular flexibility index (Phi) is 4.78. The van der Waals surface area contributed by atoms with Crippen molar-refractivity contribution in [2.24, 2.45) is 0 Å². The van der Waals surface area contributed by atoms with E-state index in [1.165, 1.54) is 17.7 Å². The van der Waals surface area contributed by atoms with E-state index in [9.17, 15) is 4.79 Å². The van der Waals surface area contributed by atoms with Crippen LogP contribution in [0.3, 0.4) is 0 Å². The van der Waals surface area contributed by atoms with Crippen LogP contribution in [0.4, 0.5) is 0 Å². The molecular weight excluding hydrogens is 244 g/mol. The van der Waals surface area contributed by atoms with Gasteiger partial charge in [0.25, 0.3) is 0 Å². The topological polar surface area (TPSA) is 32.3 Å². The van der Waals surface area contributed by atoms with E-state index in [-0.39, 0.29) is 5.91 Å². The van der Waals surface area contributed by atoms with Crippen molar-refractivity contribution in [2.45, 2.75) is 45.2 Å². The van der Waals surface area contributed by atoms with Crippen molar-refractivity contribution < 1.29 is 4.79 Å². The average Bonchev–Trinajstić information content (AvgIpc) is 3.05. The number of likely N-dealkylation sites (N-methyl/N-ethyl adjacent to an activating group) is 1. The Balaban J connectivity index is 1.71. The monoisotopic (exact) mass is 266 g/mol. The molecule has 1 aliphatic rings. The van der Waals surface area contributed by atoms with E-state index in [2.05, 4.69) is 36.7 Å². The van der Waals surface area contributed by atoms with E-state index in [1.807, 2.05) is 4.90 Å². The van der Waals surface area contributed by atoms with E-state index in [0.717, 1.165) is 13.0 Å². The maximum absolute atomic E-state index is 12.0. The molecule has 1 unspecified atom stereocenters. The fourth-order valence-electron chi connectivity index (χ4n) is 2.19. The van der Waals surface area contributed by atoms with Gasteiger partial charge in [0.15, 0.2) is 0 Å². The maximum Gasteiger partial charge on any atom is 0.236 e. The molecule has 1 aromatic heterocycles. The summed E-state index contributed by atoms with van der Waals surface area (Å²) < 4.78 is 0. The molecule has 1 amide bonds. The number of rotatable bonds is 7. The molecule has 0 spiro atoms. The fraction of sp³-hybridized carbons (Fsp3) is 0.643. The average molecular weight is 266 g/mol. The largest absolute Gasteiger partial charge is 0.339 e. The minimum absolute atomic E-state index is 0.248. The van der Waals surface area contributed by atoms with Gasteiger partial charge in [-0.15, -0.1) is 11.3 Å². The zero-order valence-electron chi connectivity index (χ0n) is 11.2. The first-order chi connectivity index (χ1) is 8.70. The van der Waals surface area contributed by atoms with Gasteiger partial charge in [-0.25, -0.2) is 0 Å². The second-order valence-corrected chi connectivity index (χ2v) is 6.01. The molecule has 3 nitrogen and oxygen atoms in total. The molecule has 0 aliphatic heterocycles. The highest BCUT2D eigenvalue weighted by Crippen LogP contribution is 2.26. The molecule has 4 heteroatoms. The summed E-state index contributed by atoms with van der Waals surface area (Å²) in [5.74, 6) is 0.248. The predicted octanol–water partition coefficient (Wildman–Crippen LogP) is 2.28. The van der Waals surface area contributed by atoms with Crippen LogP contribution in [-0.4, -0.2) is 36.0 Å². The first kappa shape index (κ1) is 13.6. The first-order valence-electron chi connectivity index (χ1n) is 6.76. The lowest BCUT2D eigenvalue weighted by Gasteiger charge is -2.22. The maximum atomic E-state index is 12.0. The van der Waals surface area contributed by atoms with E-state index in [4.69, 9.17) is 0 Å². The van der Waals surface area contributed by atoms with Crippen LogP contribution in [0, 0.1) is 0 Å². The molecule has 1 fully saturated rings. The van der Waals surface area contributed by atoms with Gasteiger partial charge in [0.05, 0.1) is 6.54 Å². The fourth-order valence-corrected chi connectivity index (χ4v) is 3.03. The zero-order valence-corrected chi connectivity index (χ0v) is 12.0. The van der Waals surface area contributed by atoms with Crippen LogP contribution in [0.15, 0.2) is 17.5 Å². The third-order valence-electron chi connectivity index (χ3n) is 3.34. The molecule has 18 heavy (non-hydrogen) atoms. The van der Waals surface area contributed by atoms with Crippen molar-refractivity contribution in [2.75, 3.05) is 13.1 Å². The summed E-state index contributed by atoms with van der Waals surface area (Å²) in [7, 11) is 0. The molecule has 0 saturated heterocycles. The smallest absolute Gasteiger partial charge is 0.236 e. The van der Waals surface area contributed by atoms with Crippen molar-refractivity contribution in [1.82, 2.24) is 10.2 Å². The molecule has 1 N–H and O–H groups in total. The first-order valence-corrected chi connectivity index (χ1v) is 7.64. The minimum atomic E-state index is 0.248. The van der Waals surface area contributed by atoms with Gasteiger partial charge in [0, 0.05) is 23.5 Å². The molecule has 0 radical (unpaired) electrons. The summed E-state index contributed by atoms with van der Waals surface area (Å²) >= 11 is 1.78. The summed E-state index contributed by atoms with van der Waals surface area (Å²) in [6, 6.07) is 5.10. The number of carbonyl (C=O) groups is 1. The Morgan fingerprint density at radius 2 is 2.39 bits per heavy atom. The highest BCUT2D eigenvalue weighted by molar-refractivity contribution is 7.09. The van der Waals surface area contributed by atoms with E-state index < -0.39 is 0 Å². The predicted molar refractivity (Wildman–Crippen MR) is 75.9 cm³/mol. The lowest BCUT2D eigenvalue weighted by molar-refractivity contribution is -0.130. The Labute approximate surface area is 113 Å².